The molecule has 4 heterocycles. The molecule has 2 amide bonds. The number of ether oxygens (including phenoxy) is 2. The van der Waals surface area contributed by atoms with Crippen LogP contribution in [0.5, 0.6) is 5.75 Å². The average Bonchev–Trinajstić information content (AvgIpc) is 3.60. The van der Waals surface area contributed by atoms with Gasteiger partial charge in [-0.25, -0.2) is 9.67 Å². The van der Waals surface area contributed by atoms with Crippen LogP contribution in [0.25, 0.3) is 16.7 Å². The predicted octanol–water partition coefficient (Wildman–Crippen LogP) is 2.46. The van der Waals surface area contributed by atoms with E-state index in [1.165, 1.54) is 24.4 Å². The largest absolute Gasteiger partial charge is 0.494 e. The number of H-pyrrole nitrogens is 1. The van der Waals surface area contributed by atoms with Gasteiger partial charge in [0.2, 0.25) is 0 Å². The second kappa shape index (κ2) is 10.5. The van der Waals surface area contributed by atoms with Gasteiger partial charge in [-0.05, 0) is 25.1 Å². The Morgan fingerprint density at radius 3 is 2.61 bits per heavy atom. The number of hydrogen-bond acceptors (Lipinski definition) is 7. The fourth-order valence-electron chi connectivity index (χ4n) is 4.77. The van der Waals surface area contributed by atoms with Crippen molar-refractivity contribution in [1.82, 2.24) is 29.5 Å². The number of carbonyl (C=O) groups excluding carboxylic acids is 3. The monoisotopic (exact) mass is 516 g/mol. The van der Waals surface area contributed by atoms with Crippen LogP contribution < -0.4 is 4.74 Å². The molecule has 1 fully saturated rings. The van der Waals surface area contributed by atoms with E-state index in [9.17, 15) is 14.4 Å². The van der Waals surface area contributed by atoms with E-state index in [2.05, 4.69) is 15.1 Å². The maximum Gasteiger partial charge on any atom is 0.295 e. The summed E-state index contributed by atoms with van der Waals surface area (Å²) >= 11 is 0. The molecule has 1 atom stereocenters. The lowest BCUT2D eigenvalue weighted by Crippen LogP contribution is -2.56. The smallest absolute Gasteiger partial charge is 0.295 e. The summed E-state index contributed by atoms with van der Waals surface area (Å²) in [6, 6.07) is 10.6. The molecule has 0 saturated carbocycles. The first-order valence-corrected chi connectivity index (χ1v) is 12.2. The third-order valence-corrected chi connectivity index (χ3v) is 6.66. The molecular weight excluding hydrogens is 488 g/mol. The normalized spacial score (nSPS) is 15.6. The number of fused-ring (bicyclic) bond motifs is 1. The summed E-state index contributed by atoms with van der Waals surface area (Å²) in [5.41, 5.74) is 2.01. The van der Waals surface area contributed by atoms with E-state index in [0.29, 0.717) is 41.2 Å². The van der Waals surface area contributed by atoms with Crippen LogP contribution in [0.4, 0.5) is 0 Å². The van der Waals surface area contributed by atoms with Crippen LogP contribution in [0.15, 0.2) is 55.0 Å². The SMILES string of the molecule is COCc1ccn(-c2ncc(OC)c3c(C(=O)C(=O)N4CCN(C(=O)c5ccccc5)C(C)C4)c[nH]c23)n1. The molecule has 1 unspecified atom stereocenters. The van der Waals surface area contributed by atoms with Gasteiger partial charge in [0.15, 0.2) is 5.82 Å². The first kappa shape index (κ1) is 25.2. The van der Waals surface area contributed by atoms with E-state index in [1.807, 2.05) is 31.2 Å². The summed E-state index contributed by atoms with van der Waals surface area (Å²) in [4.78, 5) is 50.5. The molecule has 1 saturated heterocycles. The Balaban J connectivity index is 1.39. The fourth-order valence-corrected chi connectivity index (χ4v) is 4.77. The summed E-state index contributed by atoms with van der Waals surface area (Å²) in [6.07, 6.45) is 4.74. The number of rotatable bonds is 7. The van der Waals surface area contributed by atoms with Gasteiger partial charge in [0.1, 0.15) is 5.75 Å². The van der Waals surface area contributed by atoms with Crippen LogP contribution in [0.3, 0.4) is 0 Å². The molecule has 1 N–H and O–H groups in total. The third-order valence-electron chi connectivity index (χ3n) is 6.66. The number of hydrogen-bond donors (Lipinski definition) is 1. The van der Waals surface area contributed by atoms with Crippen molar-refractivity contribution >= 4 is 28.5 Å². The van der Waals surface area contributed by atoms with Crippen molar-refractivity contribution in [2.75, 3.05) is 33.9 Å². The Kier molecular flexibility index (Phi) is 6.93. The lowest BCUT2D eigenvalue weighted by Gasteiger charge is -2.39. The highest BCUT2D eigenvalue weighted by Crippen LogP contribution is 2.32. The van der Waals surface area contributed by atoms with Gasteiger partial charge < -0.3 is 24.3 Å². The molecule has 196 valence electrons. The van der Waals surface area contributed by atoms with Crippen LogP contribution in [-0.2, 0) is 16.1 Å². The van der Waals surface area contributed by atoms with Crippen molar-refractivity contribution in [2.24, 2.45) is 0 Å². The number of Topliss-reactive ketones (excluding diaryl/α,β-unsaturated/α-hetero) is 1. The van der Waals surface area contributed by atoms with E-state index in [4.69, 9.17) is 9.47 Å². The van der Waals surface area contributed by atoms with Gasteiger partial charge in [-0.15, -0.1) is 0 Å². The number of benzene rings is 1. The minimum absolute atomic E-state index is 0.0924. The number of carbonyl (C=O) groups is 3. The molecule has 0 bridgehead atoms. The molecule has 0 aliphatic carbocycles. The highest BCUT2D eigenvalue weighted by atomic mass is 16.5. The molecule has 1 aromatic carbocycles. The maximum atomic E-state index is 13.5. The van der Waals surface area contributed by atoms with Gasteiger partial charge in [-0.3, -0.25) is 14.4 Å². The summed E-state index contributed by atoms with van der Waals surface area (Å²) < 4.78 is 12.2. The number of pyridine rings is 1. The molecule has 1 aliphatic heterocycles. The van der Waals surface area contributed by atoms with Gasteiger partial charge >= 0.3 is 0 Å². The second-order valence-electron chi connectivity index (χ2n) is 9.08. The molecule has 5 rings (SSSR count). The maximum absolute atomic E-state index is 13.5. The Bertz CT molecular complexity index is 1490. The van der Waals surface area contributed by atoms with Crippen molar-refractivity contribution in [1.29, 1.82) is 0 Å². The van der Waals surface area contributed by atoms with Gasteiger partial charge in [-0.1, -0.05) is 18.2 Å². The first-order valence-electron chi connectivity index (χ1n) is 12.2. The van der Waals surface area contributed by atoms with E-state index in [0.717, 1.165) is 5.69 Å². The zero-order valence-electron chi connectivity index (χ0n) is 21.4. The van der Waals surface area contributed by atoms with Gasteiger partial charge in [0.05, 0.1) is 42.1 Å². The van der Waals surface area contributed by atoms with Crippen molar-refractivity contribution in [3.8, 4) is 11.6 Å². The van der Waals surface area contributed by atoms with Gasteiger partial charge in [-0.2, -0.15) is 5.10 Å². The summed E-state index contributed by atoms with van der Waals surface area (Å²) in [5, 5.41) is 4.92. The molecule has 0 radical (unpaired) electrons. The van der Waals surface area contributed by atoms with Gasteiger partial charge in [0.25, 0.3) is 17.6 Å². The quantitative estimate of drug-likeness (QED) is 0.296. The third kappa shape index (κ3) is 4.52. The molecule has 1 aliphatic rings. The number of ketones is 1. The van der Waals surface area contributed by atoms with Crippen LogP contribution in [0, 0.1) is 0 Å². The Morgan fingerprint density at radius 2 is 1.89 bits per heavy atom. The zero-order valence-corrected chi connectivity index (χ0v) is 21.4. The summed E-state index contributed by atoms with van der Waals surface area (Å²) in [6.45, 7) is 3.07. The van der Waals surface area contributed by atoms with E-state index in [1.54, 1.807) is 35.0 Å². The molecule has 38 heavy (non-hydrogen) atoms. The lowest BCUT2D eigenvalue weighted by molar-refractivity contribution is -0.128. The van der Waals surface area contributed by atoms with Crippen molar-refractivity contribution < 1.29 is 23.9 Å². The number of amides is 2. The lowest BCUT2D eigenvalue weighted by atomic mass is 10.1. The van der Waals surface area contributed by atoms with Crippen molar-refractivity contribution in [3.63, 3.8) is 0 Å². The van der Waals surface area contributed by atoms with Crippen LogP contribution in [0.1, 0.15) is 33.3 Å². The number of methoxy groups -OCH3 is 2. The topological polar surface area (TPSA) is 123 Å². The Hall–Kier alpha value is -4.51. The van der Waals surface area contributed by atoms with Crippen LogP contribution in [0.2, 0.25) is 0 Å². The number of piperazine rings is 1. The molecule has 11 nitrogen and oxygen atoms in total. The number of nitrogens with zero attached hydrogens (tertiary/aromatic N) is 5. The highest BCUT2D eigenvalue weighted by Gasteiger charge is 2.34. The van der Waals surface area contributed by atoms with Gasteiger partial charge in [0, 0.05) is 50.7 Å². The molecule has 0 spiro atoms. The van der Waals surface area contributed by atoms with E-state index < -0.39 is 11.7 Å². The van der Waals surface area contributed by atoms with Crippen molar-refractivity contribution in [2.45, 2.75) is 19.6 Å². The standard InChI is InChI=1S/C27H28N6O5/c1-17-15-31(11-12-32(17)26(35)18-7-5-4-6-8-18)27(36)24(34)20-13-28-23-22(20)21(38-3)14-29-25(23)33-10-9-19(30-33)16-37-2/h4-10,13-14,17,28H,11-12,15-16H2,1-3H3. The average molecular weight is 517 g/mol. The molecule has 4 aromatic rings. The number of nitrogens with one attached hydrogen (secondary N) is 1. The predicted molar refractivity (Wildman–Crippen MR) is 138 cm³/mol. The molecular formula is C27H28N6O5. The molecule has 3 aromatic heterocycles. The highest BCUT2D eigenvalue weighted by molar-refractivity contribution is 6.45. The summed E-state index contributed by atoms with van der Waals surface area (Å²) in [5.74, 6) is -0.577. The Labute approximate surface area is 219 Å². The minimum Gasteiger partial charge on any atom is -0.494 e. The second-order valence-corrected chi connectivity index (χ2v) is 9.08. The number of aromatic amines is 1. The molecule has 11 heteroatoms. The van der Waals surface area contributed by atoms with Crippen molar-refractivity contribution in [3.05, 3.63) is 71.8 Å². The minimum atomic E-state index is -0.665. The Morgan fingerprint density at radius 1 is 1.11 bits per heavy atom. The van der Waals surface area contributed by atoms with E-state index in [-0.39, 0.29) is 30.6 Å². The zero-order chi connectivity index (χ0) is 26.8. The van der Waals surface area contributed by atoms with E-state index >= 15 is 0 Å². The fraction of sp³-hybridized carbons (Fsp3) is 0.296. The summed E-state index contributed by atoms with van der Waals surface area (Å²) in [7, 11) is 3.07. The first-order chi connectivity index (χ1) is 18.4. The van der Waals surface area contributed by atoms with Crippen LogP contribution >= 0.6 is 0 Å². The number of aromatic nitrogens is 4. The van der Waals surface area contributed by atoms with Crippen LogP contribution in [-0.4, -0.2) is 87.0 Å².